The maximum Gasteiger partial charge on any atom is 0.155 e. The van der Waals surface area contributed by atoms with Crippen molar-refractivity contribution in [1.29, 1.82) is 0 Å². The van der Waals surface area contributed by atoms with E-state index in [1.54, 1.807) is 0 Å². The Hall–Kier alpha value is -2.33. The highest BCUT2D eigenvalue weighted by Crippen LogP contribution is 2.55. The zero-order valence-electron chi connectivity index (χ0n) is 13.6. The van der Waals surface area contributed by atoms with Crippen LogP contribution in [0.5, 0.6) is 0 Å². The minimum absolute atomic E-state index is 0.0343. The summed E-state index contributed by atoms with van der Waals surface area (Å²) in [5.74, 6) is 0.739. The quantitative estimate of drug-likeness (QED) is 0.737. The van der Waals surface area contributed by atoms with Crippen LogP contribution >= 0.6 is 11.6 Å². The molecule has 5 heteroatoms. The normalized spacial score (nSPS) is 21.1. The van der Waals surface area contributed by atoms with Crippen LogP contribution < -0.4 is 0 Å². The fourth-order valence-corrected chi connectivity index (χ4v) is 2.98. The Morgan fingerprint density at radius 2 is 1.95 bits per heavy atom. The number of hydrogen-bond acceptors (Lipinski definition) is 4. The van der Waals surface area contributed by atoms with Crippen molar-refractivity contribution in [1.82, 2.24) is 20.2 Å². The van der Waals surface area contributed by atoms with E-state index in [-0.39, 0.29) is 12.5 Å². The molecule has 2 atom stereocenters. The molecule has 1 saturated carbocycles. The summed E-state index contributed by atoms with van der Waals surface area (Å²) in [4.78, 5) is 7.57. The summed E-state index contributed by atoms with van der Waals surface area (Å²) < 4.78 is 15.3. The predicted molar refractivity (Wildman–Crippen MR) is 84.6 cm³/mol. The summed E-state index contributed by atoms with van der Waals surface area (Å²) >= 11 is 6.25. The maximum absolute atomic E-state index is 7.90. The second-order valence-corrected chi connectivity index (χ2v) is 5.69. The van der Waals surface area contributed by atoms with Crippen molar-refractivity contribution in [3.63, 3.8) is 0 Å². The largest absolute Gasteiger partial charge is 0.244 e. The van der Waals surface area contributed by atoms with Gasteiger partial charge in [0.2, 0.25) is 0 Å². The molecule has 0 spiro atoms. The minimum atomic E-state index is -0.183. The summed E-state index contributed by atoms with van der Waals surface area (Å²) in [5.41, 5.74) is 3.19. The summed E-state index contributed by atoms with van der Waals surface area (Å²) in [7, 11) is 0. The van der Waals surface area contributed by atoms with Crippen molar-refractivity contribution >= 4 is 11.6 Å². The standard InChI is InChI=1S/C17H13ClN4/c18-17-15(14-6-13(14)11-4-2-1-3-5-11)7-16(21-22-17)12-8-19-10-20-9-12/h1-5,7-10,13-14H,6H2/t13-,14+/m1/s1/i8D,10D. The summed E-state index contributed by atoms with van der Waals surface area (Å²) in [6, 6.07) is 12.2. The first-order valence-corrected chi connectivity index (χ1v) is 7.40. The molecule has 4 nitrogen and oxygen atoms in total. The van der Waals surface area contributed by atoms with E-state index < -0.39 is 0 Å². The maximum atomic E-state index is 7.90. The van der Waals surface area contributed by atoms with E-state index in [1.807, 2.05) is 24.3 Å². The minimum Gasteiger partial charge on any atom is -0.244 e. The van der Waals surface area contributed by atoms with Crippen LogP contribution in [0.4, 0.5) is 0 Å². The first-order valence-electron chi connectivity index (χ1n) is 8.02. The Bertz CT molecular complexity index is 904. The Labute approximate surface area is 136 Å². The van der Waals surface area contributed by atoms with E-state index in [4.69, 9.17) is 14.3 Å². The van der Waals surface area contributed by atoms with Crippen LogP contribution in [0.2, 0.25) is 5.15 Å². The van der Waals surface area contributed by atoms with Crippen molar-refractivity contribution in [3.8, 4) is 11.3 Å². The number of rotatable bonds is 3. The third-order valence-electron chi connectivity index (χ3n) is 3.95. The Kier molecular flexibility index (Phi) is 2.80. The first-order chi connectivity index (χ1) is 11.6. The van der Waals surface area contributed by atoms with Crippen molar-refractivity contribution in [2.45, 2.75) is 18.3 Å². The van der Waals surface area contributed by atoms with E-state index in [9.17, 15) is 0 Å². The summed E-state index contributed by atoms with van der Waals surface area (Å²) in [6.45, 7) is 0. The molecule has 4 rings (SSSR count). The van der Waals surface area contributed by atoms with Gasteiger partial charge in [0.25, 0.3) is 0 Å². The molecule has 1 aromatic carbocycles. The second kappa shape index (κ2) is 5.46. The molecule has 0 amide bonds. The van der Waals surface area contributed by atoms with E-state index in [0.717, 1.165) is 12.0 Å². The van der Waals surface area contributed by atoms with Gasteiger partial charge in [-0.05, 0) is 35.4 Å². The molecule has 1 fully saturated rings. The Morgan fingerprint density at radius 3 is 2.77 bits per heavy atom. The molecule has 2 heterocycles. The molecule has 108 valence electrons. The highest BCUT2D eigenvalue weighted by molar-refractivity contribution is 6.30. The zero-order valence-corrected chi connectivity index (χ0v) is 12.3. The van der Waals surface area contributed by atoms with Crippen LogP contribution in [0.1, 0.15) is 32.1 Å². The molecule has 1 aliphatic rings. The molecular formula is C17H13ClN4. The van der Waals surface area contributed by atoms with Crippen molar-refractivity contribution in [2.75, 3.05) is 0 Å². The molecule has 0 N–H and O–H groups in total. The molecule has 2 aromatic heterocycles. The Morgan fingerprint density at radius 1 is 1.09 bits per heavy atom. The van der Waals surface area contributed by atoms with Crippen LogP contribution in [0, 0.1) is 0 Å². The Balaban J connectivity index is 1.68. The molecular weight excluding hydrogens is 296 g/mol. The van der Waals surface area contributed by atoms with Gasteiger partial charge >= 0.3 is 0 Å². The van der Waals surface area contributed by atoms with Gasteiger partial charge in [-0.25, -0.2) is 9.97 Å². The average molecular weight is 311 g/mol. The van der Waals surface area contributed by atoms with Gasteiger partial charge in [-0.15, -0.1) is 10.2 Å². The molecule has 0 unspecified atom stereocenters. The van der Waals surface area contributed by atoms with E-state index in [0.29, 0.717) is 28.2 Å². The summed E-state index contributed by atoms with van der Waals surface area (Å²) in [6.07, 6.45) is 2.23. The lowest BCUT2D eigenvalue weighted by Crippen LogP contribution is -1.95. The predicted octanol–water partition coefficient (Wildman–Crippen LogP) is 3.86. The number of halogens is 1. The van der Waals surface area contributed by atoms with Gasteiger partial charge in [0.05, 0.1) is 7.06 Å². The van der Waals surface area contributed by atoms with Gasteiger partial charge in [-0.2, -0.15) is 0 Å². The van der Waals surface area contributed by atoms with Crippen LogP contribution in [0.3, 0.4) is 0 Å². The smallest absolute Gasteiger partial charge is 0.155 e. The van der Waals surface area contributed by atoms with E-state index >= 15 is 0 Å². The number of benzene rings is 1. The molecule has 0 saturated heterocycles. The van der Waals surface area contributed by atoms with E-state index in [1.165, 1.54) is 11.8 Å². The van der Waals surface area contributed by atoms with Gasteiger partial charge in [-0.1, -0.05) is 41.9 Å². The van der Waals surface area contributed by atoms with Crippen LogP contribution in [0.15, 0.2) is 55.1 Å². The molecule has 0 bridgehead atoms. The van der Waals surface area contributed by atoms with E-state index in [2.05, 4.69) is 32.3 Å². The number of nitrogens with zero attached hydrogens (tertiary/aromatic N) is 4. The number of aromatic nitrogens is 4. The lowest BCUT2D eigenvalue weighted by molar-refractivity contribution is 0.957. The van der Waals surface area contributed by atoms with Crippen LogP contribution in [0.25, 0.3) is 11.3 Å². The van der Waals surface area contributed by atoms with Crippen LogP contribution in [-0.2, 0) is 0 Å². The fraction of sp³-hybridized carbons (Fsp3) is 0.176. The van der Waals surface area contributed by atoms with Gasteiger partial charge in [-0.3, -0.25) is 0 Å². The third kappa shape index (κ3) is 2.46. The fourth-order valence-electron chi connectivity index (χ4n) is 2.75. The molecule has 0 radical (unpaired) electrons. The topological polar surface area (TPSA) is 51.6 Å². The molecule has 3 aromatic rings. The van der Waals surface area contributed by atoms with Gasteiger partial charge < -0.3 is 0 Å². The van der Waals surface area contributed by atoms with Crippen LogP contribution in [-0.4, -0.2) is 20.2 Å². The van der Waals surface area contributed by atoms with Crippen molar-refractivity contribution < 1.29 is 2.74 Å². The monoisotopic (exact) mass is 310 g/mol. The molecule has 0 aliphatic heterocycles. The van der Waals surface area contributed by atoms with Gasteiger partial charge in [0.1, 0.15) is 7.67 Å². The highest BCUT2D eigenvalue weighted by atomic mass is 35.5. The second-order valence-electron chi connectivity index (χ2n) is 5.33. The van der Waals surface area contributed by atoms with Crippen molar-refractivity contribution in [3.05, 3.63) is 71.4 Å². The SMILES string of the molecule is [2H]c1ncc(-c2cc([C@H]3C[C@@H]3c3ccccc3)c(Cl)nn2)c([2H])n1. The molecule has 22 heavy (non-hydrogen) atoms. The first kappa shape index (κ1) is 11.3. The third-order valence-corrected chi connectivity index (χ3v) is 4.24. The number of hydrogen-bond donors (Lipinski definition) is 0. The van der Waals surface area contributed by atoms with Gasteiger partial charge in [0.15, 0.2) is 5.15 Å². The van der Waals surface area contributed by atoms with Crippen molar-refractivity contribution in [2.24, 2.45) is 0 Å². The lowest BCUT2D eigenvalue weighted by atomic mass is 10.0. The summed E-state index contributed by atoms with van der Waals surface area (Å²) in [5, 5.41) is 8.50. The molecule has 1 aliphatic carbocycles. The van der Waals surface area contributed by atoms with Gasteiger partial charge in [0, 0.05) is 17.9 Å². The average Bonchev–Trinajstić information content (AvgIpc) is 3.37. The zero-order chi connectivity index (χ0) is 16.7. The highest BCUT2D eigenvalue weighted by Gasteiger charge is 2.41. The lowest BCUT2D eigenvalue weighted by Gasteiger charge is -2.06.